The fraction of sp³-hybridized carbons (Fsp3) is 0.500. The summed E-state index contributed by atoms with van der Waals surface area (Å²) in [6.07, 6.45) is 0.615. The number of benzene rings is 1. The van der Waals surface area contributed by atoms with E-state index >= 15 is 0 Å². The van der Waals surface area contributed by atoms with Crippen LogP contribution >= 0.6 is 0 Å². The van der Waals surface area contributed by atoms with Crippen molar-refractivity contribution in [1.29, 1.82) is 0 Å². The van der Waals surface area contributed by atoms with E-state index in [0.717, 1.165) is 5.56 Å². The van der Waals surface area contributed by atoms with Crippen molar-refractivity contribution in [3.05, 3.63) is 35.4 Å². The van der Waals surface area contributed by atoms with E-state index in [1.54, 1.807) is 0 Å². The van der Waals surface area contributed by atoms with Gasteiger partial charge in [0.25, 0.3) is 0 Å². The molecule has 19 heavy (non-hydrogen) atoms. The fourth-order valence-electron chi connectivity index (χ4n) is 2.18. The molecule has 1 fully saturated rings. The van der Waals surface area contributed by atoms with Crippen molar-refractivity contribution in [2.45, 2.75) is 13.3 Å². The van der Waals surface area contributed by atoms with Crippen LogP contribution in [0.1, 0.15) is 22.3 Å². The number of hydrogen-bond donors (Lipinski definition) is 0. The van der Waals surface area contributed by atoms with E-state index in [1.165, 1.54) is 0 Å². The number of Topliss-reactive ketones (excluding diaryl/α,β-unsaturated/α-hetero) is 1. The maximum absolute atomic E-state index is 12.1. The largest absolute Gasteiger partial charge is 0.295 e. The summed E-state index contributed by atoms with van der Waals surface area (Å²) in [6, 6.07) is 7.48. The molecule has 0 spiro atoms. The molecule has 0 aromatic heterocycles. The molecule has 0 radical (unpaired) electrons. The molecular weight excluding hydrogens is 262 g/mol. The van der Waals surface area contributed by atoms with Crippen LogP contribution in [0.2, 0.25) is 0 Å². The monoisotopic (exact) mass is 281 g/mol. The molecule has 104 valence electrons. The minimum absolute atomic E-state index is 0.0549. The highest BCUT2D eigenvalue weighted by Crippen LogP contribution is 2.08. The summed E-state index contributed by atoms with van der Waals surface area (Å²) >= 11 is 0. The molecule has 0 unspecified atom stereocenters. The van der Waals surface area contributed by atoms with Crippen LogP contribution in [0, 0.1) is 6.92 Å². The smallest absolute Gasteiger partial charge is 0.176 e. The van der Waals surface area contributed by atoms with Gasteiger partial charge in [-0.15, -0.1) is 0 Å². The highest BCUT2D eigenvalue weighted by Gasteiger charge is 2.20. The molecule has 1 aliphatic heterocycles. The number of nitrogens with zero attached hydrogens (tertiary/aromatic N) is 1. The van der Waals surface area contributed by atoms with Gasteiger partial charge >= 0.3 is 0 Å². The van der Waals surface area contributed by atoms with Gasteiger partial charge < -0.3 is 0 Å². The van der Waals surface area contributed by atoms with E-state index in [-0.39, 0.29) is 17.3 Å². The van der Waals surface area contributed by atoms with E-state index in [4.69, 9.17) is 0 Å². The second kappa shape index (κ2) is 5.84. The molecule has 0 atom stereocenters. The summed E-state index contributed by atoms with van der Waals surface area (Å²) in [5, 5.41) is 0. The Morgan fingerprint density at radius 1 is 1.16 bits per heavy atom. The summed E-state index contributed by atoms with van der Waals surface area (Å²) < 4.78 is 23.0. The lowest BCUT2D eigenvalue weighted by atomic mass is 10.1. The Balaban J connectivity index is 1.97. The van der Waals surface area contributed by atoms with E-state index in [2.05, 4.69) is 0 Å². The van der Waals surface area contributed by atoms with Crippen LogP contribution in [0.4, 0.5) is 0 Å². The highest BCUT2D eigenvalue weighted by atomic mass is 32.2. The highest BCUT2D eigenvalue weighted by molar-refractivity contribution is 7.91. The quantitative estimate of drug-likeness (QED) is 0.784. The van der Waals surface area contributed by atoms with Gasteiger partial charge in [-0.2, -0.15) is 0 Å². The molecule has 0 saturated carbocycles. The predicted octanol–water partition coefficient (Wildman–Crippen LogP) is 1.30. The van der Waals surface area contributed by atoms with Crippen molar-refractivity contribution in [3.63, 3.8) is 0 Å². The summed E-state index contributed by atoms with van der Waals surface area (Å²) in [5.41, 5.74) is 1.81. The molecule has 1 aromatic carbocycles. The van der Waals surface area contributed by atoms with Crippen LogP contribution in [0.15, 0.2) is 24.3 Å². The third kappa shape index (κ3) is 4.14. The Hall–Kier alpha value is -1.20. The van der Waals surface area contributed by atoms with Gasteiger partial charge in [0.05, 0.1) is 18.1 Å². The normalized spacial score (nSPS) is 19.8. The van der Waals surface area contributed by atoms with Crippen molar-refractivity contribution < 1.29 is 13.2 Å². The lowest BCUT2D eigenvalue weighted by Crippen LogP contribution is -2.32. The number of hydrogen-bond acceptors (Lipinski definition) is 4. The topological polar surface area (TPSA) is 54.5 Å². The Labute approximate surface area is 114 Å². The van der Waals surface area contributed by atoms with Crippen LogP contribution < -0.4 is 0 Å². The molecule has 5 heteroatoms. The molecule has 1 heterocycles. The number of ketones is 1. The maximum Gasteiger partial charge on any atom is 0.176 e. The van der Waals surface area contributed by atoms with E-state index in [9.17, 15) is 13.2 Å². The van der Waals surface area contributed by atoms with Crippen molar-refractivity contribution in [2.24, 2.45) is 0 Å². The molecule has 0 amide bonds. The lowest BCUT2D eigenvalue weighted by molar-refractivity contribution is 0.0935. The van der Waals surface area contributed by atoms with Crippen LogP contribution in [0.5, 0.6) is 0 Å². The predicted molar refractivity (Wildman–Crippen MR) is 75.2 cm³/mol. The van der Waals surface area contributed by atoms with Crippen LogP contribution in [-0.4, -0.2) is 50.2 Å². The molecule has 4 nitrogen and oxygen atoms in total. The average Bonchev–Trinajstić information content (AvgIpc) is 2.52. The minimum Gasteiger partial charge on any atom is -0.295 e. The Morgan fingerprint density at radius 3 is 2.53 bits per heavy atom. The fourth-order valence-corrected chi connectivity index (χ4v) is 3.49. The van der Waals surface area contributed by atoms with Gasteiger partial charge in [-0.3, -0.25) is 9.69 Å². The second-order valence-corrected chi connectivity index (χ2v) is 7.37. The molecule has 2 rings (SSSR count). The minimum atomic E-state index is -2.91. The van der Waals surface area contributed by atoms with Gasteiger partial charge in [-0.05, 0) is 19.9 Å². The first-order valence-electron chi connectivity index (χ1n) is 6.49. The standard InChI is InChI=1S/C14H19NO3S/c1-12-3-5-13(6-4-12)14(16)11-15-7-2-9-19(17,18)10-8-15/h3-6H,2,7-11H2,1H3. The van der Waals surface area contributed by atoms with Gasteiger partial charge in [-0.25, -0.2) is 8.42 Å². The summed E-state index contributed by atoms with van der Waals surface area (Å²) in [4.78, 5) is 14.0. The molecule has 1 aromatic rings. The third-order valence-electron chi connectivity index (χ3n) is 3.39. The lowest BCUT2D eigenvalue weighted by Gasteiger charge is -2.18. The molecule has 0 N–H and O–H groups in total. The van der Waals surface area contributed by atoms with Gasteiger partial charge in [-0.1, -0.05) is 29.8 Å². The molecule has 1 saturated heterocycles. The molecule has 1 aliphatic rings. The number of carbonyl (C=O) groups is 1. The molecule has 0 aliphatic carbocycles. The first kappa shape index (κ1) is 14.2. The van der Waals surface area contributed by atoms with Crippen molar-refractivity contribution >= 4 is 15.6 Å². The van der Waals surface area contributed by atoms with E-state index < -0.39 is 9.84 Å². The second-order valence-electron chi connectivity index (χ2n) is 5.07. The van der Waals surface area contributed by atoms with E-state index in [0.29, 0.717) is 31.6 Å². The van der Waals surface area contributed by atoms with Crippen LogP contribution in [0.25, 0.3) is 0 Å². The zero-order chi connectivity index (χ0) is 13.9. The summed E-state index contributed by atoms with van der Waals surface area (Å²) in [6.45, 7) is 3.42. The molecular formula is C14H19NO3S. The van der Waals surface area contributed by atoms with Crippen molar-refractivity contribution in [3.8, 4) is 0 Å². The van der Waals surface area contributed by atoms with Gasteiger partial charge in [0, 0.05) is 12.1 Å². The maximum atomic E-state index is 12.1. The first-order valence-corrected chi connectivity index (χ1v) is 8.31. The Kier molecular flexibility index (Phi) is 4.37. The first-order chi connectivity index (χ1) is 8.96. The SMILES string of the molecule is Cc1ccc(C(=O)CN2CCCS(=O)(=O)CC2)cc1. The zero-order valence-corrected chi connectivity index (χ0v) is 11.9. The van der Waals surface area contributed by atoms with Gasteiger partial charge in [0.1, 0.15) is 0 Å². The Bertz CT molecular complexity index is 549. The van der Waals surface area contributed by atoms with Crippen LogP contribution in [0.3, 0.4) is 0 Å². The zero-order valence-electron chi connectivity index (χ0n) is 11.1. The summed E-state index contributed by atoms with van der Waals surface area (Å²) in [7, 11) is -2.91. The number of carbonyl (C=O) groups excluding carboxylic acids is 1. The third-order valence-corrected chi connectivity index (χ3v) is 5.10. The summed E-state index contributed by atoms with van der Waals surface area (Å²) in [5.74, 6) is 0.454. The van der Waals surface area contributed by atoms with E-state index in [1.807, 2.05) is 36.1 Å². The average molecular weight is 281 g/mol. The molecule has 0 bridgehead atoms. The number of aryl methyl sites for hydroxylation is 1. The van der Waals surface area contributed by atoms with Crippen molar-refractivity contribution in [2.75, 3.05) is 31.1 Å². The number of sulfone groups is 1. The van der Waals surface area contributed by atoms with Crippen molar-refractivity contribution in [1.82, 2.24) is 4.90 Å². The van der Waals surface area contributed by atoms with Gasteiger partial charge in [0.15, 0.2) is 15.6 Å². The van der Waals surface area contributed by atoms with Gasteiger partial charge in [0.2, 0.25) is 0 Å². The number of rotatable bonds is 3. The van der Waals surface area contributed by atoms with Crippen LogP contribution in [-0.2, 0) is 9.84 Å². The Morgan fingerprint density at radius 2 is 1.84 bits per heavy atom.